The number of furan rings is 1. The van der Waals surface area contributed by atoms with Gasteiger partial charge in [0.05, 0.1) is 12.8 Å². The molecule has 28 heavy (non-hydrogen) atoms. The number of pyridine rings is 1. The summed E-state index contributed by atoms with van der Waals surface area (Å²) in [4.78, 5) is 24.2. The van der Waals surface area contributed by atoms with Crippen LogP contribution in [0.1, 0.15) is 30.7 Å². The molecule has 0 radical (unpaired) electrons. The second-order valence-electron chi connectivity index (χ2n) is 7.95. The average Bonchev–Trinajstić information content (AvgIpc) is 3.09. The van der Waals surface area contributed by atoms with Gasteiger partial charge >= 0.3 is 0 Å². The van der Waals surface area contributed by atoms with Crippen molar-refractivity contribution in [3.8, 4) is 0 Å². The largest absolute Gasteiger partial charge is 0.468 e. The van der Waals surface area contributed by atoms with E-state index in [0.29, 0.717) is 5.91 Å². The molecule has 4 rings (SSSR count). The number of carbonyl (C=O) groups excluding carboxylic acids is 1. The second-order valence-corrected chi connectivity index (χ2v) is 7.95. The molecule has 6 nitrogen and oxygen atoms in total. The minimum atomic E-state index is 0.169. The van der Waals surface area contributed by atoms with Crippen molar-refractivity contribution in [2.24, 2.45) is 5.92 Å². The van der Waals surface area contributed by atoms with Crippen molar-refractivity contribution in [3.05, 3.63) is 48.2 Å². The maximum Gasteiger partial charge on any atom is 0.225 e. The SMILES string of the molecule is Cc1cc(N2CCCN(C(=O)C3CCN(Cc4ccco4)CC3)CC2)ccn1. The topological polar surface area (TPSA) is 52.8 Å². The third-order valence-electron chi connectivity index (χ3n) is 5.95. The van der Waals surface area contributed by atoms with E-state index < -0.39 is 0 Å². The lowest BCUT2D eigenvalue weighted by atomic mass is 9.95. The number of hydrogen-bond donors (Lipinski definition) is 0. The van der Waals surface area contributed by atoms with Crippen LogP contribution in [0.2, 0.25) is 0 Å². The van der Waals surface area contributed by atoms with Crippen molar-refractivity contribution in [2.45, 2.75) is 32.7 Å². The fourth-order valence-corrected chi connectivity index (χ4v) is 4.34. The number of rotatable bonds is 4. The highest BCUT2D eigenvalue weighted by molar-refractivity contribution is 5.79. The molecular formula is C22H30N4O2. The van der Waals surface area contributed by atoms with Crippen molar-refractivity contribution < 1.29 is 9.21 Å². The fraction of sp³-hybridized carbons (Fsp3) is 0.545. The molecule has 2 aromatic rings. The van der Waals surface area contributed by atoms with Crippen LogP contribution >= 0.6 is 0 Å². The normalized spacial score (nSPS) is 19.6. The molecule has 0 unspecified atom stereocenters. The lowest BCUT2D eigenvalue weighted by Gasteiger charge is -2.33. The molecule has 0 saturated carbocycles. The zero-order chi connectivity index (χ0) is 19.3. The Bertz CT molecular complexity index is 769. The molecule has 2 fully saturated rings. The Kier molecular flexibility index (Phi) is 5.95. The van der Waals surface area contributed by atoms with Crippen LogP contribution in [-0.2, 0) is 11.3 Å². The van der Waals surface area contributed by atoms with Crippen molar-refractivity contribution in [3.63, 3.8) is 0 Å². The minimum Gasteiger partial charge on any atom is -0.468 e. The van der Waals surface area contributed by atoms with Gasteiger partial charge in [0.25, 0.3) is 0 Å². The minimum absolute atomic E-state index is 0.169. The van der Waals surface area contributed by atoms with Gasteiger partial charge in [0.15, 0.2) is 0 Å². The van der Waals surface area contributed by atoms with E-state index >= 15 is 0 Å². The summed E-state index contributed by atoms with van der Waals surface area (Å²) in [6, 6.07) is 8.15. The Morgan fingerprint density at radius 3 is 2.75 bits per heavy atom. The summed E-state index contributed by atoms with van der Waals surface area (Å²) in [5.74, 6) is 1.52. The molecule has 0 atom stereocenters. The van der Waals surface area contributed by atoms with E-state index in [4.69, 9.17) is 4.42 Å². The maximum absolute atomic E-state index is 13.1. The third kappa shape index (κ3) is 4.55. The molecule has 2 aliphatic heterocycles. The lowest BCUT2D eigenvalue weighted by molar-refractivity contribution is -0.136. The van der Waals surface area contributed by atoms with Crippen LogP contribution in [0.15, 0.2) is 41.1 Å². The zero-order valence-electron chi connectivity index (χ0n) is 16.7. The number of aryl methyl sites for hydroxylation is 1. The van der Waals surface area contributed by atoms with Gasteiger partial charge in [0, 0.05) is 49.7 Å². The second kappa shape index (κ2) is 8.78. The molecule has 2 aliphatic rings. The molecule has 0 aliphatic carbocycles. The van der Waals surface area contributed by atoms with Crippen molar-refractivity contribution in [1.82, 2.24) is 14.8 Å². The number of likely N-dealkylation sites (tertiary alicyclic amines) is 1. The highest BCUT2D eigenvalue weighted by atomic mass is 16.3. The quantitative estimate of drug-likeness (QED) is 0.814. The highest BCUT2D eigenvalue weighted by Gasteiger charge is 2.29. The predicted molar refractivity (Wildman–Crippen MR) is 109 cm³/mol. The van der Waals surface area contributed by atoms with Gasteiger partial charge in [-0.1, -0.05) is 0 Å². The number of carbonyl (C=O) groups is 1. The maximum atomic E-state index is 13.1. The van der Waals surface area contributed by atoms with E-state index in [1.54, 1.807) is 6.26 Å². The number of anilines is 1. The van der Waals surface area contributed by atoms with E-state index in [2.05, 4.69) is 31.8 Å². The molecule has 0 N–H and O–H groups in total. The molecule has 0 bridgehead atoms. The fourth-order valence-electron chi connectivity index (χ4n) is 4.34. The molecule has 6 heteroatoms. The summed E-state index contributed by atoms with van der Waals surface area (Å²) >= 11 is 0. The predicted octanol–water partition coefficient (Wildman–Crippen LogP) is 2.93. The van der Waals surface area contributed by atoms with Crippen LogP contribution in [0.4, 0.5) is 5.69 Å². The molecular weight excluding hydrogens is 352 g/mol. The van der Waals surface area contributed by atoms with Gasteiger partial charge in [-0.2, -0.15) is 0 Å². The summed E-state index contributed by atoms with van der Waals surface area (Å²) in [5, 5.41) is 0. The number of amides is 1. The first-order valence-electron chi connectivity index (χ1n) is 10.4. The van der Waals surface area contributed by atoms with Crippen LogP contribution in [-0.4, -0.2) is 60.0 Å². The van der Waals surface area contributed by atoms with Gasteiger partial charge in [0.2, 0.25) is 5.91 Å². The summed E-state index contributed by atoms with van der Waals surface area (Å²) in [5.41, 5.74) is 2.25. The van der Waals surface area contributed by atoms with Crippen LogP contribution in [0.5, 0.6) is 0 Å². The Balaban J connectivity index is 1.28. The van der Waals surface area contributed by atoms with Crippen LogP contribution in [0.25, 0.3) is 0 Å². The van der Waals surface area contributed by atoms with E-state index in [9.17, 15) is 4.79 Å². The summed E-state index contributed by atoms with van der Waals surface area (Å²) in [7, 11) is 0. The number of nitrogens with zero attached hydrogens (tertiary/aromatic N) is 4. The molecule has 2 aromatic heterocycles. The van der Waals surface area contributed by atoms with E-state index in [1.165, 1.54) is 5.69 Å². The van der Waals surface area contributed by atoms with E-state index in [-0.39, 0.29) is 5.92 Å². The molecule has 4 heterocycles. The van der Waals surface area contributed by atoms with Gasteiger partial charge in [-0.25, -0.2) is 0 Å². The van der Waals surface area contributed by atoms with Crippen molar-refractivity contribution >= 4 is 11.6 Å². The Hall–Kier alpha value is -2.34. The Labute approximate surface area is 167 Å². The van der Waals surface area contributed by atoms with Crippen LogP contribution in [0.3, 0.4) is 0 Å². The summed E-state index contributed by atoms with van der Waals surface area (Å²) in [6.45, 7) is 8.37. The molecule has 1 amide bonds. The first-order valence-corrected chi connectivity index (χ1v) is 10.4. The van der Waals surface area contributed by atoms with Crippen molar-refractivity contribution in [2.75, 3.05) is 44.2 Å². The molecule has 0 aromatic carbocycles. The monoisotopic (exact) mass is 382 g/mol. The van der Waals surface area contributed by atoms with Crippen LogP contribution in [0, 0.1) is 12.8 Å². The molecule has 0 spiro atoms. The van der Waals surface area contributed by atoms with Gasteiger partial charge in [0.1, 0.15) is 5.76 Å². The van der Waals surface area contributed by atoms with E-state index in [0.717, 1.165) is 76.5 Å². The first kappa shape index (κ1) is 19.0. The number of aromatic nitrogens is 1. The summed E-state index contributed by atoms with van der Waals surface area (Å²) < 4.78 is 5.45. The lowest BCUT2D eigenvalue weighted by Crippen LogP contribution is -2.43. The Morgan fingerprint density at radius 1 is 1.14 bits per heavy atom. The third-order valence-corrected chi connectivity index (χ3v) is 5.95. The Morgan fingerprint density at radius 2 is 2.00 bits per heavy atom. The van der Waals surface area contributed by atoms with E-state index in [1.807, 2.05) is 25.3 Å². The van der Waals surface area contributed by atoms with Gasteiger partial charge in [-0.3, -0.25) is 14.7 Å². The standard InChI is InChI=1S/C22H30N4O2/c1-18-16-20(5-8-23-18)25-9-3-10-26(14-13-25)22(27)19-6-11-24(12-7-19)17-21-4-2-15-28-21/h2,4-5,8,15-16,19H,3,6-7,9-14,17H2,1H3. The van der Waals surface area contributed by atoms with Crippen molar-refractivity contribution in [1.29, 1.82) is 0 Å². The first-order chi connectivity index (χ1) is 13.7. The van der Waals surface area contributed by atoms with Gasteiger partial charge < -0.3 is 14.2 Å². The smallest absolute Gasteiger partial charge is 0.225 e. The highest BCUT2D eigenvalue weighted by Crippen LogP contribution is 2.23. The molecule has 2 saturated heterocycles. The summed E-state index contributed by atoms with van der Waals surface area (Å²) in [6.07, 6.45) is 6.51. The van der Waals surface area contributed by atoms with Crippen LogP contribution < -0.4 is 4.90 Å². The number of hydrogen-bond acceptors (Lipinski definition) is 5. The zero-order valence-corrected chi connectivity index (χ0v) is 16.7. The van der Waals surface area contributed by atoms with Gasteiger partial charge in [-0.15, -0.1) is 0 Å². The average molecular weight is 383 g/mol. The van der Waals surface area contributed by atoms with Gasteiger partial charge in [-0.05, 0) is 63.5 Å². The molecule has 150 valence electrons. The number of piperidine rings is 1.